The number of nitrogens with zero attached hydrogens (tertiary/aromatic N) is 3. The molecule has 11 nitrogen and oxygen atoms in total. The van der Waals surface area contributed by atoms with Crippen LogP contribution in [0.3, 0.4) is 0 Å². The molecule has 0 fully saturated rings. The number of hydrogen-bond acceptors (Lipinski definition) is 7. The molecule has 2 heterocycles. The van der Waals surface area contributed by atoms with Crippen molar-refractivity contribution in [3.8, 4) is 24.5 Å². The van der Waals surface area contributed by atoms with E-state index in [2.05, 4.69) is 23.3 Å². The van der Waals surface area contributed by atoms with Crippen molar-refractivity contribution >= 4 is 33.3 Å². The van der Waals surface area contributed by atoms with Gasteiger partial charge in [-0.2, -0.15) is 0 Å². The summed E-state index contributed by atoms with van der Waals surface area (Å²) in [5.41, 5.74) is 0.604. The Balaban J connectivity index is -0.000000979. The van der Waals surface area contributed by atoms with Gasteiger partial charge >= 0.3 is 5.97 Å². The van der Waals surface area contributed by atoms with Crippen molar-refractivity contribution in [3.63, 3.8) is 0 Å². The van der Waals surface area contributed by atoms with Crippen LogP contribution < -0.4 is 19.1 Å². The van der Waals surface area contributed by atoms with Crippen LogP contribution in [0.15, 0.2) is 29.3 Å². The number of terminal acetylenes is 1. The van der Waals surface area contributed by atoms with Gasteiger partial charge in [0, 0.05) is 25.4 Å². The lowest BCUT2D eigenvalue weighted by atomic mass is 10.2. The molecule has 0 saturated heterocycles. The topological polar surface area (TPSA) is 140 Å². The van der Waals surface area contributed by atoms with Crippen LogP contribution in [0.1, 0.15) is 69.2 Å². The molecule has 0 atom stereocenters. The maximum atomic E-state index is 13.3. The summed E-state index contributed by atoms with van der Waals surface area (Å²) in [7, 11) is -4.20. The van der Waals surface area contributed by atoms with Crippen LogP contribution in [0, 0.1) is 18.8 Å². The number of halogens is 2. The molecule has 1 amide bonds. The lowest BCUT2D eigenvalue weighted by molar-refractivity contribution is -0.140. The number of carboxylic acid groups (broad SMARTS) is 1. The maximum absolute atomic E-state index is 13.3. The molecule has 2 N–H and O–H groups in total. The van der Waals surface area contributed by atoms with Gasteiger partial charge in [-0.3, -0.25) is 18.6 Å². The van der Waals surface area contributed by atoms with Gasteiger partial charge in [0.2, 0.25) is 5.91 Å². The summed E-state index contributed by atoms with van der Waals surface area (Å²) in [6.45, 7) is 17.8. The lowest BCUT2D eigenvalue weighted by Crippen LogP contribution is -2.38. The number of hydrogen-bond donors (Lipinski definition) is 2. The van der Waals surface area contributed by atoms with Gasteiger partial charge < -0.3 is 19.9 Å². The minimum Gasteiger partial charge on any atom is -0.489 e. The summed E-state index contributed by atoms with van der Waals surface area (Å²) in [6.07, 6.45) is 6.46. The average Bonchev–Trinajstić information content (AvgIpc) is 3.44. The fourth-order valence-electron chi connectivity index (χ4n) is 2.81. The van der Waals surface area contributed by atoms with Gasteiger partial charge in [0.15, 0.2) is 11.5 Å². The van der Waals surface area contributed by atoms with Crippen LogP contribution in [0.2, 0.25) is 0 Å². The summed E-state index contributed by atoms with van der Waals surface area (Å²) in [5, 5.41) is 14.5. The van der Waals surface area contributed by atoms with Gasteiger partial charge in [-0.25, -0.2) is 17.2 Å². The fraction of sp³-hybridized carbons (Fsp3) is 0.552. The number of sulfonamides is 1. The van der Waals surface area contributed by atoms with Gasteiger partial charge in [-0.1, -0.05) is 55.4 Å². The smallest absolute Gasteiger partial charge is 0.305 e. The molecule has 0 unspecified atom stereocenters. The third-order valence-electron chi connectivity index (χ3n) is 4.53. The number of fused-ring (bicyclic) bond motifs is 1. The zero-order valence-corrected chi connectivity index (χ0v) is 27.7. The van der Waals surface area contributed by atoms with Crippen molar-refractivity contribution in [2.75, 3.05) is 29.4 Å². The van der Waals surface area contributed by atoms with E-state index in [-0.39, 0.29) is 35.6 Å². The quantitative estimate of drug-likeness (QED) is 0.330. The highest BCUT2D eigenvalue weighted by atomic mass is 32.2. The molecule has 14 heteroatoms. The highest BCUT2D eigenvalue weighted by Gasteiger charge is 2.35. The van der Waals surface area contributed by atoms with Crippen LogP contribution in [0.5, 0.6) is 11.6 Å². The Morgan fingerprint density at radius 2 is 1.67 bits per heavy atom. The van der Waals surface area contributed by atoms with E-state index in [4.69, 9.17) is 14.6 Å². The van der Waals surface area contributed by atoms with Crippen LogP contribution >= 0.6 is 0 Å². The number of anilines is 2. The number of nitrogens with one attached hydrogen (secondary N) is 1. The number of aliphatic carboxylic acids is 1. The number of aromatic nitrogens is 2. The van der Waals surface area contributed by atoms with Gasteiger partial charge in [0.05, 0.1) is 18.2 Å². The standard InChI is InChI=1S/C17H20F2N4O5S.C4H8O2.3C2H6.C2H2/c1-3-22-9-15(17(21-22)28-10-16(18)19)29(25,26)23-6-7-27-14-5-4-12(8-13(14)23)20-11(2)24;1-3(2)4(5)6;4*1-2/h4-5,8-9,16H,3,6-7,10H2,1-2H3,(H,20,24);3H,1-2H3,(H,5,6);3*1-2H3;1-2H. The second-order valence-corrected chi connectivity index (χ2v) is 9.47. The average molecular weight is 635 g/mol. The Labute approximate surface area is 255 Å². The van der Waals surface area contributed by atoms with E-state index >= 15 is 0 Å². The van der Waals surface area contributed by atoms with Crippen LogP contribution in [-0.4, -0.2) is 61.4 Å². The van der Waals surface area contributed by atoms with E-state index in [1.165, 1.54) is 23.9 Å². The van der Waals surface area contributed by atoms with Crippen molar-refractivity contribution in [1.82, 2.24) is 9.78 Å². The molecule has 2 aromatic rings. The molecular formula is C29H48F2N4O7S. The fourth-order valence-corrected chi connectivity index (χ4v) is 4.34. The first-order chi connectivity index (χ1) is 20.4. The predicted molar refractivity (Wildman–Crippen MR) is 167 cm³/mol. The van der Waals surface area contributed by atoms with E-state index in [1.54, 1.807) is 32.9 Å². The molecule has 0 saturated carbocycles. The zero-order chi connectivity index (χ0) is 34.3. The number of carboxylic acids is 1. The minimum absolute atomic E-state index is 0.00947. The highest BCUT2D eigenvalue weighted by Crippen LogP contribution is 2.38. The molecular weight excluding hydrogens is 586 g/mol. The second kappa shape index (κ2) is 23.7. The maximum Gasteiger partial charge on any atom is 0.305 e. The monoisotopic (exact) mass is 634 g/mol. The van der Waals surface area contributed by atoms with E-state index in [0.29, 0.717) is 18.0 Å². The Morgan fingerprint density at radius 1 is 1.14 bits per heavy atom. The number of ether oxygens (including phenoxy) is 2. The first-order valence-corrected chi connectivity index (χ1v) is 15.4. The lowest BCUT2D eigenvalue weighted by Gasteiger charge is -2.30. The Morgan fingerprint density at radius 3 is 2.12 bits per heavy atom. The van der Waals surface area contributed by atoms with Crippen molar-refractivity contribution in [2.24, 2.45) is 5.92 Å². The van der Waals surface area contributed by atoms with Gasteiger partial charge in [0.25, 0.3) is 22.3 Å². The number of carbonyl (C=O) groups is 2. The molecule has 1 aliphatic heterocycles. The normalized spacial score (nSPS) is 11.0. The van der Waals surface area contributed by atoms with E-state index in [9.17, 15) is 26.8 Å². The third-order valence-corrected chi connectivity index (χ3v) is 6.32. The number of amides is 1. The van der Waals surface area contributed by atoms with Crippen LogP contribution in [0.25, 0.3) is 0 Å². The Kier molecular flexibility index (Phi) is 24.0. The van der Waals surface area contributed by atoms with Crippen molar-refractivity contribution in [2.45, 2.75) is 87.1 Å². The summed E-state index contributed by atoms with van der Waals surface area (Å²) >= 11 is 0. The number of benzene rings is 1. The third kappa shape index (κ3) is 14.7. The van der Waals surface area contributed by atoms with Crippen LogP contribution in [-0.2, 0) is 26.2 Å². The molecule has 3 rings (SSSR count). The highest BCUT2D eigenvalue weighted by molar-refractivity contribution is 7.93. The Bertz CT molecular complexity index is 1200. The van der Waals surface area contributed by atoms with Crippen LogP contribution in [0.4, 0.5) is 20.2 Å². The molecule has 0 radical (unpaired) electrons. The zero-order valence-electron chi connectivity index (χ0n) is 26.8. The van der Waals surface area contributed by atoms with Crippen molar-refractivity contribution in [1.29, 1.82) is 0 Å². The largest absolute Gasteiger partial charge is 0.489 e. The molecule has 43 heavy (non-hydrogen) atoms. The van der Waals surface area contributed by atoms with E-state index < -0.39 is 34.9 Å². The molecule has 0 spiro atoms. The molecule has 1 aromatic heterocycles. The summed E-state index contributed by atoms with van der Waals surface area (Å²) in [4.78, 5) is 20.7. The Hall–Kier alpha value is -3.86. The molecule has 0 aliphatic carbocycles. The molecule has 1 aliphatic rings. The summed E-state index contributed by atoms with van der Waals surface area (Å²) in [5.74, 6) is -1.37. The predicted octanol–water partition coefficient (Wildman–Crippen LogP) is 6.15. The van der Waals surface area contributed by atoms with Crippen molar-refractivity contribution < 1.29 is 41.4 Å². The van der Waals surface area contributed by atoms with E-state index in [1.807, 2.05) is 41.5 Å². The number of alkyl halides is 2. The number of rotatable bonds is 8. The first kappa shape index (κ1) is 43.6. The summed E-state index contributed by atoms with van der Waals surface area (Å²) in [6, 6.07) is 4.60. The first-order valence-electron chi connectivity index (χ1n) is 14.0. The second-order valence-electron chi connectivity index (χ2n) is 7.64. The van der Waals surface area contributed by atoms with Gasteiger partial charge in [-0.15, -0.1) is 17.9 Å². The SMILES string of the molecule is C#C.CC.CC.CC.CC(C)C(=O)O.CCn1cc(S(=O)(=O)N2CCOc3ccc(NC(C)=O)cc32)c(OCC(F)F)n1. The molecule has 1 aromatic carbocycles. The number of carbonyl (C=O) groups excluding carboxylic acids is 1. The van der Waals surface area contributed by atoms with Crippen molar-refractivity contribution in [3.05, 3.63) is 24.4 Å². The van der Waals surface area contributed by atoms with E-state index in [0.717, 1.165) is 4.31 Å². The number of aryl methyl sites for hydroxylation is 1. The molecule has 0 bridgehead atoms. The van der Waals surface area contributed by atoms with Gasteiger partial charge in [-0.05, 0) is 25.1 Å². The minimum atomic E-state index is -4.20. The summed E-state index contributed by atoms with van der Waals surface area (Å²) < 4.78 is 64.7. The van der Waals surface area contributed by atoms with Gasteiger partial charge in [0.1, 0.15) is 12.4 Å². The molecule has 246 valence electrons.